The zero-order valence-electron chi connectivity index (χ0n) is 15.2. The van der Waals surface area contributed by atoms with Crippen molar-refractivity contribution >= 4 is 40.9 Å². The minimum atomic E-state index is -0.442. The summed E-state index contributed by atoms with van der Waals surface area (Å²) < 4.78 is 0. The molecule has 0 heterocycles. The van der Waals surface area contributed by atoms with E-state index < -0.39 is 5.25 Å². The average molecular weight is 411 g/mol. The van der Waals surface area contributed by atoms with E-state index in [0.29, 0.717) is 16.3 Å². The zero-order chi connectivity index (χ0) is 19.9. The molecule has 0 aliphatic rings. The summed E-state index contributed by atoms with van der Waals surface area (Å²) in [4.78, 5) is 26.0. The van der Waals surface area contributed by atoms with Crippen molar-refractivity contribution in [1.29, 1.82) is 0 Å². The summed E-state index contributed by atoms with van der Waals surface area (Å²) >= 11 is 7.56. The third-order valence-corrected chi connectivity index (χ3v) is 5.64. The van der Waals surface area contributed by atoms with E-state index in [0.717, 1.165) is 10.5 Å². The summed E-state index contributed by atoms with van der Waals surface area (Å²) in [6.45, 7) is 0. The first-order valence-corrected chi connectivity index (χ1v) is 9.93. The second kappa shape index (κ2) is 9.44. The molecule has 0 bridgehead atoms. The molecule has 0 aliphatic heterocycles. The van der Waals surface area contributed by atoms with Crippen LogP contribution in [0.1, 0.15) is 21.2 Å². The molecule has 2 amide bonds. The van der Waals surface area contributed by atoms with Crippen molar-refractivity contribution in [2.75, 3.05) is 12.4 Å². The number of nitrogens with one attached hydrogen (secondary N) is 2. The van der Waals surface area contributed by atoms with E-state index >= 15 is 0 Å². The maximum absolute atomic E-state index is 13.1. The number of anilines is 1. The lowest BCUT2D eigenvalue weighted by molar-refractivity contribution is -0.115. The van der Waals surface area contributed by atoms with Gasteiger partial charge in [-0.2, -0.15) is 0 Å². The molecule has 142 valence electrons. The maximum Gasteiger partial charge on any atom is 0.252 e. The summed E-state index contributed by atoms with van der Waals surface area (Å²) in [6, 6.07) is 24.2. The van der Waals surface area contributed by atoms with Gasteiger partial charge in [-0.15, -0.1) is 11.8 Å². The Kier molecular flexibility index (Phi) is 6.74. The summed E-state index contributed by atoms with van der Waals surface area (Å²) in [6.07, 6.45) is 0. The van der Waals surface area contributed by atoms with Gasteiger partial charge in [0.25, 0.3) is 5.91 Å². The van der Waals surface area contributed by atoms with Gasteiger partial charge in [0.2, 0.25) is 5.91 Å². The molecule has 3 aromatic rings. The highest BCUT2D eigenvalue weighted by atomic mass is 35.5. The molecule has 0 fully saturated rings. The van der Waals surface area contributed by atoms with E-state index in [1.807, 2.05) is 60.7 Å². The number of carbonyl (C=O) groups excluding carboxylic acids is 2. The van der Waals surface area contributed by atoms with Crippen molar-refractivity contribution in [2.45, 2.75) is 10.1 Å². The van der Waals surface area contributed by atoms with E-state index in [-0.39, 0.29) is 11.8 Å². The molecule has 3 aromatic carbocycles. The molecule has 3 rings (SSSR count). The molecule has 0 saturated heterocycles. The Morgan fingerprint density at radius 2 is 1.57 bits per heavy atom. The highest BCUT2D eigenvalue weighted by Crippen LogP contribution is 2.36. The lowest BCUT2D eigenvalue weighted by atomic mass is 10.1. The molecule has 2 N–H and O–H groups in total. The van der Waals surface area contributed by atoms with Gasteiger partial charge in [0.05, 0.1) is 10.6 Å². The Bertz CT molecular complexity index is 965. The third kappa shape index (κ3) is 4.94. The van der Waals surface area contributed by atoms with Crippen LogP contribution in [-0.2, 0) is 4.79 Å². The summed E-state index contributed by atoms with van der Waals surface area (Å²) in [5.74, 6) is -0.482. The minimum Gasteiger partial charge on any atom is -0.355 e. The maximum atomic E-state index is 13.1. The van der Waals surface area contributed by atoms with Crippen molar-refractivity contribution in [3.05, 3.63) is 95.0 Å². The van der Waals surface area contributed by atoms with Gasteiger partial charge in [-0.1, -0.05) is 60.1 Å². The molecule has 6 heteroatoms. The van der Waals surface area contributed by atoms with Crippen LogP contribution in [0.15, 0.2) is 83.8 Å². The molecule has 0 spiro atoms. The van der Waals surface area contributed by atoms with Crippen LogP contribution in [0.3, 0.4) is 0 Å². The van der Waals surface area contributed by atoms with Crippen LogP contribution < -0.4 is 10.6 Å². The standard InChI is InChI=1S/C22H19ClN2O2S/c1-24-21(26)18-14-16(12-13-19(18)23)25-22(27)20(15-8-4-2-5-9-15)28-17-10-6-3-7-11-17/h2-14,20H,1H3,(H,24,26)(H,25,27). The zero-order valence-corrected chi connectivity index (χ0v) is 16.8. The summed E-state index contributed by atoms with van der Waals surface area (Å²) in [7, 11) is 1.53. The normalized spacial score (nSPS) is 11.5. The van der Waals surface area contributed by atoms with E-state index in [9.17, 15) is 9.59 Å². The van der Waals surface area contributed by atoms with Crippen molar-refractivity contribution < 1.29 is 9.59 Å². The van der Waals surface area contributed by atoms with Crippen molar-refractivity contribution in [2.24, 2.45) is 0 Å². The predicted octanol–water partition coefficient (Wildman–Crippen LogP) is 5.17. The number of hydrogen-bond donors (Lipinski definition) is 2. The number of rotatable bonds is 6. The first-order valence-electron chi connectivity index (χ1n) is 8.67. The van der Waals surface area contributed by atoms with Crippen LogP contribution in [0.4, 0.5) is 5.69 Å². The quantitative estimate of drug-likeness (QED) is 0.551. The van der Waals surface area contributed by atoms with Crippen LogP contribution in [0.2, 0.25) is 5.02 Å². The highest BCUT2D eigenvalue weighted by Gasteiger charge is 2.22. The second-order valence-corrected chi connectivity index (χ2v) is 7.57. The Hall–Kier alpha value is -2.76. The third-order valence-electron chi connectivity index (χ3n) is 4.04. The van der Waals surface area contributed by atoms with Crippen LogP contribution >= 0.6 is 23.4 Å². The molecule has 0 saturated carbocycles. The SMILES string of the molecule is CNC(=O)c1cc(NC(=O)C(Sc2ccccc2)c2ccccc2)ccc1Cl. The van der Waals surface area contributed by atoms with E-state index in [4.69, 9.17) is 11.6 Å². The van der Waals surface area contributed by atoms with Gasteiger partial charge in [0, 0.05) is 17.6 Å². The van der Waals surface area contributed by atoms with Gasteiger partial charge in [-0.25, -0.2) is 0 Å². The molecule has 1 atom stereocenters. The number of hydrogen-bond acceptors (Lipinski definition) is 3. The first-order chi connectivity index (χ1) is 13.6. The van der Waals surface area contributed by atoms with Gasteiger partial charge in [-0.3, -0.25) is 9.59 Å². The lowest BCUT2D eigenvalue weighted by Crippen LogP contribution is -2.21. The number of amides is 2. The summed E-state index contributed by atoms with van der Waals surface area (Å²) in [5.41, 5.74) is 1.73. The molecular weight excluding hydrogens is 392 g/mol. The van der Waals surface area contributed by atoms with Gasteiger partial charge in [-0.05, 0) is 35.9 Å². The number of halogens is 1. The number of benzene rings is 3. The van der Waals surface area contributed by atoms with Crippen molar-refractivity contribution in [3.8, 4) is 0 Å². The van der Waals surface area contributed by atoms with E-state index in [1.165, 1.54) is 18.8 Å². The van der Waals surface area contributed by atoms with Crippen molar-refractivity contribution in [1.82, 2.24) is 5.32 Å². The predicted molar refractivity (Wildman–Crippen MR) is 115 cm³/mol. The Labute approximate surface area is 173 Å². The fraction of sp³-hybridized carbons (Fsp3) is 0.0909. The second-order valence-electron chi connectivity index (χ2n) is 5.98. The van der Waals surface area contributed by atoms with Crippen LogP contribution in [0, 0.1) is 0 Å². The molecule has 1 unspecified atom stereocenters. The molecule has 28 heavy (non-hydrogen) atoms. The fourth-order valence-electron chi connectivity index (χ4n) is 2.66. The topological polar surface area (TPSA) is 58.2 Å². The number of carbonyl (C=O) groups is 2. The monoisotopic (exact) mass is 410 g/mol. The molecule has 0 radical (unpaired) electrons. The largest absolute Gasteiger partial charge is 0.355 e. The van der Waals surface area contributed by atoms with Crippen molar-refractivity contribution in [3.63, 3.8) is 0 Å². The van der Waals surface area contributed by atoms with Crippen LogP contribution in [0.25, 0.3) is 0 Å². The summed E-state index contributed by atoms with van der Waals surface area (Å²) in [5, 5.41) is 5.34. The molecular formula is C22H19ClN2O2S. The van der Waals surface area contributed by atoms with Crippen LogP contribution in [0.5, 0.6) is 0 Å². The molecule has 0 aliphatic carbocycles. The number of thioether (sulfide) groups is 1. The Morgan fingerprint density at radius 1 is 0.929 bits per heavy atom. The van der Waals surface area contributed by atoms with Gasteiger partial charge >= 0.3 is 0 Å². The van der Waals surface area contributed by atoms with E-state index in [1.54, 1.807) is 18.2 Å². The highest BCUT2D eigenvalue weighted by molar-refractivity contribution is 8.00. The average Bonchev–Trinajstić information content (AvgIpc) is 2.74. The van der Waals surface area contributed by atoms with Gasteiger partial charge in [0.15, 0.2) is 0 Å². The van der Waals surface area contributed by atoms with E-state index in [2.05, 4.69) is 10.6 Å². The molecule has 4 nitrogen and oxygen atoms in total. The Balaban J connectivity index is 1.87. The van der Waals surface area contributed by atoms with Gasteiger partial charge in [0.1, 0.15) is 5.25 Å². The van der Waals surface area contributed by atoms with Crippen LogP contribution in [-0.4, -0.2) is 18.9 Å². The first kappa shape index (κ1) is 20.0. The van der Waals surface area contributed by atoms with Gasteiger partial charge < -0.3 is 10.6 Å². The fourth-order valence-corrected chi connectivity index (χ4v) is 3.90. The smallest absolute Gasteiger partial charge is 0.252 e. The minimum absolute atomic E-state index is 0.176. The Morgan fingerprint density at radius 3 is 2.21 bits per heavy atom. The molecule has 0 aromatic heterocycles. The lowest BCUT2D eigenvalue weighted by Gasteiger charge is -2.17.